The molecule has 1 rings (SSSR count). The lowest BCUT2D eigenvalue weighted by Crippen LogP contribution is -2.29. The highest BCUT2D eigenvalue weighted by molar-refractivity contribution is 4.88. The predicted octanol–water partition coefficient (Wildman–Crippen LogP) is 4.12. The Balaban J connectivity index is 2.52. The van der Waals surface area contributed by atoms with E-state index in [1.165, 1.54) is 0 Å². The van der Waals surface area contributed by atoms with E-state index in [2.05, 4.69) is 10.2 Å². The molecule has 0 amide bonds. The predicted molar refractivity (Wildman–Crippen MR) is 47.6 cm³/mol. The van der Waals surface area contributed by atoms with Crippen LogP contribution in [0.1, 0.15) is 25.7 Å². The third-order valence-electron chi connectivity index (χ3n) is 2.79. The monoisotopic (exact) mass is 262 g/mol. The molecule has 0 fully saturated rings. The Bertz CT molecular complexity index is 252. The molecular weight excluding hydrogens is 250 g/mol. The number of alkyl halides is 6. The SMILES string of the molecule is FC(F)(F)CCC1(CCC(F)(F)F)CN=NC1. The number of hydrogen-bond donors (Lipinski definition) is 0. The fourth-order valence-corrected chi connectivity index (χ4v) is 1.71. The lowest BCUT2D eigenvalue weighted by Gasteiger charge is -2.27. The molecule has 0 aromatic rings. The topological polar surface area (TPSA) is 24.7 Å². The number of azo groups is 1. The van der Waals surface area contributed by atoms with Crippen LogP contribution >= 0.6 is 0 Å². The van der Waals surface area contributed by atoms with E-state index in [1.807, 2.05) is 0 Å². The second-order valence-corrected chi connectivity index (χ2v) is 4.33. The minimum atomic E-state index is -4.35. The van der Waals surface area contributed by atoms with Crippen molar-refractivity contribution in [2.45, 2.75) is 38.0 Å². The molecule has 100 valence electrons. The van der Waals surface area contributed by atoms with Crippen LogP contribution in [0.25, 0.3) is 0 Å². The molecule has 0 radical (unpaired) electrons. The zero-order chi connectivity index (χ0) is 13.2. The van der Waals surface area contributed by atoms with Crippen LogP contribution in [0.4, 0.5) is 26.3 Å². The van der Waals surface area contributed by atoms with Crippen LogP contribution in [0.3, 0.4) is 0 Å². The summed E-state index contributed by atoms with van der Waals surface area (Å²) in [7, 11) is 0. The first-order valence-electron chi connectivity index (χ1n) is 5.09. The quantitative estimate of drug-likeness (QED) is 0.681. The Hall–Kier alpha value is -0.820. The highest BCUT2D eigenvalue weighted by Gasteiger charge is 2.41. The van der Waals surface area contributed by atoms with Crippen molar-refractivity contribution in [2.24, 2.45) is 15.6 Å². The summed E-state index contributed by atoms with van der Waals surface area (Å²) in [6, 6.07) is 0. The van der Waals surface area contributed by atoms with E-state index in [1.54, 1.807) is 0 Å². The van der Waals surface area contributed by atoms with Gasteiger partial charge in [0.05, 0.1) is 13.1 Å². The summed E-state index contributed by atoms with van der Waals surface area (Å²) >= 11 is 0. The van der Waals surface area contributed by atoms with Crippen LogP contribution in [-0.4, -0.2) is 25.4 Å². The molecule has 0 aromatic carbocycles. The summed E-state index contributed by atoms with van der Waals surface area (Å²) in [5.41, 5.74) is -1.06. The van der Waals surface area contributed by atoms with Gasteiger partial charge in [-0.2, -0.15) is 36.6 Å². The first-order valence-corrected chi connectivity index (χ1v) is 5.09. The molecule has 0 aliphatic carbocycles. The van der Waals surface area contributed by atoms with E-state index < -0.39 is 30.6 Å². The largest absolute Gasteiger partial charge is 0.389 e. The van der Waals surface area contributed by atoms with Gasteiger partial charge in [-0.05, 0) is 12.8 Å². The Morgan fingerprint density at radius 2 is 1.12 bits per heavy atom. The molecule has 8 heteroatoms. The summed E-state index contributed by atoms with van der Waals surface area (Å²) in [4.78, 5) is 0. The number of rotatable bonds is 4. The molecule has 0 atom stereocenters. The number of hydrogen-bond acceptors (Lipinski definition) is 2. The standard InChI is InChI=1S/C9H12F6N2/c10-8(11,12)3-1-7(5-16-17-6-7)2-4-9(13,14)15/h1-6H2. The molecule has 0 aromatic heterocycles. The van der Waals surface area contributed by atoms with Crippen molar-refractivity contribution in [1.29, 1.82) is 0 Å². The first-order chi connectivity index (χ1) is 7.62. The lowest BCUT2D eigenvalue weighted by molar-refractivity contribution is -0.148. The van der Waals surface area contributed by atoms with E-state index in [0.29, 0.717) is 0 Å². The molecule has 17 heavy (non-hydrogen) atoms. The van der Waals surface area contributed by atoms with Crippen LogP contribution in [0.5, 0.6) is 0 Å². The minimum Gasteiger partial charge on any atom is -0.194 e. The van der Waals surface area contributed by atoms with Gasteiger partial charge < -0.3 is 0 Å². The van der Waals surface area contributed by atoms with Gasteiger partial charge >= 0.3 is 12.4 Å². The average molecular weight is 262 g/mol. The Morgan fingerprint density at radius 3 is 1.41 bits per heavy atom. The average Bonchev–Trinajstić information content (AvgIpc) is 2.59. The summed E-state index contributed by atoms with van der Waals surface area (Å²) < 4.78 is 72.4. The maximum atomic E-state index is 12.1. The van der Waals surface area contributed by atoms with Gasteiger partial charge in [0.25, 0.3) is 0 Å². The van der Waals surface area contributed by atoms with Gasteiger partial charge in [-0.3, -0.25) is 0 Å². The fraction of sp³-hybridized carbons (Fsp3) is 1.00. The van der Waals surface area contributed by atoms with Crippen LogP contribution < -0.4 is 0 Å². The normalized spacial score (nSPS) is 19.9. The molecule has 0 saturated heterocycles. The van der Waals surface area contributed by atoms with Crippen molar-refractivity contribution in [3.05, 3.63) is 0 Å². The number of nitrogens with zero attached hydrogens (tertiary/aromatic N) is 2. The molecule has 0 spiro atoms. The van der Waals surface area contributed by atoms with Crippen molar-refractivity contribution >= 4 is 0 Å². The zero-order valence-corrected chi connectivity index (χ0v) is 8.90. The molecular formula is C9H12F6N2. The van der Waals surface area contributed by atoms with E-state index in [4.69, 9.17) is 0 Å². The Morgan fingerprint density at radius 1 is 0.765 bits per heavy atom. The van der Waals surface area contributed by atoms with Gasteiger partial charge in [-0.15, -0.1) is 0 Å². The zero-order valence-electron chi connectivity index (χ0n) is 8.90. The van der Waals surface area contributed by atoms with Crippen molar-refractivity contribution in [1.82, 2.24) is 0 Å². The van der Waals surface area contributed by atoms with Gasteiger partial charge in [-0.1, -0.05) is 0 Å². The first kappa shape index (κ1) is 14.2. The van der Waals surface area contributed by atoms with E-state index in [0.717, 1.165) is 0 Å². The molecule has 2 nitrogen and oxygen atoms in total. The molecule has 1 aliphatic rings. The lowest BCUT2D eigenvalue weighted by atomic mass is 9.79. The second kappa shape index (κ2) is 4.81. The van der Waals surface area contributed by atoms with E-state index >= 15 is 0 Å². The maximum Gasteiger partial charge on any atom is 0.389 e. The molecule has 0 unspecified atom stereocenters. The maximum absolute atomic E-state index is 12.1. The van der Waals surface area contributed by atoms with Crippen molar-refractivity contribution in [3.63, 3.8) is 0 Å². The summed E-state index contributed by atoms with van der Waals surface area (Å²) in [5.74, 6) is 0. The van der Waals surface area contributed by atoms with E-state index in [9.17, 15) is 26.3 Å². The molecule has 1 heterocycles. The summed E-state index contributed by atoms with van der Waals surface area (Å²) in [6.45, 7) is -0.0850. The van der Waals surface area contributed by atoms with Crippen LogP contribution in [0, 0.1) is 5.41 Å². The summed E-state index contributed by atoms with van der Waals surface area (Å²) in [5, 5.41) is 7.06. The minimum absolute atomic E-state index is 0.0425. The highest BCUT2D eigenvalue weighted by Crippen LogP contribution is 2.40. The Labute approximate surface area is 94.1 Å². The van der Waals surface area contributed by atoms with Gasteiger partial charge in [-0.25, -0.2) is 0 Å². The van der Waals surface area contributed by atoms with Gasteiger partial charge in [0.1, 0.15) is 0 Å². The molecule has 1 aliphatic heterocycles. The van der Waals surface area contributed by atoms with E-state index in [-0.39, 0.29) is 25.9 Å². The van der Waals surface area contributed by atoms with Crippen molar-refractivity contribution < 1.29 is 26.3 Å². The van der Waals surface area contributed by atoms with Crippen LogP contribution in [-0.2, 0) is 0 Å². The van der Waals surface area contributed by atoms with Crippen LogP contribution in [0.15, 0.2) is 10.2 Å². The Kier molecular flexibility index (Phi) is 4.03. The fourth-order valence-electron chi connectivity index (χ4n) is 1.71. The number of halogens is 6. The molecule has 0 N–H and O–H groups in total. The third-order valence-corrected chi connectivity index (χ3v) is 2.79. The second-order valence-electron chi connectivity index (χ2n) is 4.33. The van der Waals surface area contributed by atoms with Gasteiger partial charge in [0.2, 0.25) is 0 Å². The molecule has 0 bridgehead atoms. The summed E-state index contributed by atoms with van der Waals surface area (Å²) in [6.07, 6.45) is -11.6. The third kappa shape index (κ3) is 5.36. The molecule has 0 saturated carbocycles. The van der Waals surface area contributed by atoms with Gasteiger partial charge in [0, 0.05) is 18.3 Å². The smallest absolute Gasteiger partial charge is 0.194 e. The van der Waals surface area contributed by atoms with Gasteiger partial charge in [0.15, 0.2) is 0 Å². The van der Waals surface area contributed by atoms with Crippen molar-refractivity contribution in [3.8, 4) is 0 Å². The van der Waals surface area contributed by atoms with Crippen LogP contribution in [0.2, 0.25) is 0 Å². The van der Waals surface area contributed by atoms with Crippen molar-refractivity contribution in [2.75, 3.05) is 13.1 Å². The highest BCUT2D eigenvalue weighted by atomic mass is 19.4.